The first kappa shape index (κ1) is 15.6. The summed E-state index contributed by atoms with van der Waals surface area (Å²) in [5.41, 5.74) is 1.01. The summed E-state index contributed by atoms with van der Waals surface area (Å²) in [4.78, 5) is 25.4. The van der Waals surface area contributed by atoms with Crippen molar-refractivity contribution < 1.29 is 19.1 Å². The third kappa shape index (κ3) is 3.23. The van der Waals surface area contributed by atoms with Crippen LogP contribution in [0.1, 0.15) is 34.6 Å². The molecule has 0 N–H and O–H groups in total. The Labute approximate surface area is 135 Å². The molecule has 0 saturated carbocycles. The van der Waals surface area contributed by atoms with Gasteiger partial charge in [0.15, 0.2) is 29.6 Å². The molecule has 118 valence electrons. The zero-order valence-corrected chi connectivity index (χ0v) is 13.1. The smallest absolute Gasteiger partial charge is 0.194 e. The van der Waals surface area contributed by atoms with E-state index in [1.54, 1.807) is 62.4 Å². The van der Waals surface area contributed by atoms with Gasteiger partial charge in [-0.05, 0) is 13.8 Å². The molecule has 0 amide bonds. The van der Waals surface area contributed by atoms with Gasteiger partial charge in [-0.1, -0.05) is 60.7 Å². The van der Waals surface area contributed by atoms with E-state index in [2.05, 4.69) is 0 Å². The second kappa shape index (κ2) is 6.07. The average Bonchev–Trinajstić information content (AvgIpc) is 2.91. The summed E-state index contributed by atoms with van der Waals surface area (Å²) in [6.45, 7) is 3.41. The van der Waals surface area contributed by atoms with Gasteiger partial charge >= 0.3 is 0 Å². The Hall–Kier alpha value is -2.30. The predicted molar refractivity (Wildman–Crippen MR) is 85.4 cm³/mol. The minimum atomic E-state index is -0.982. The number of ketones is 2. The lowest BCUT2D eigenvalue weighted by Crippen LogP contribution is -2.37. The molecular formula is C19H18O4. The highest BCUT2D eigenvalue weighted by Gasteiger charge is 2.48. The quantitative estimate of drug-likeness (QED) is 0.813. The Morgan fingerprint density at radius 1 is 0.739 bits per heavy atom. The van der Waals surface area contributed by atoms with Crippen molar-refractivity contribution in [2.75, 3.05) is 0 Å². The molecule has 1 aliphatic rings. The number of hydrogen-bond donors (Lipinski definition) is 0. The standard InChI is InChI=1S/C19H18O4/c1-19(2)22-17(15(20)13-9-5-3-6-10-13)18(23-19)16(21)14-11-7-4-8-12-14/h3-12,17-18H,1-2H3/t17-,18-/m0/s1. The molecule has 2 aromatic carbocycles. The maximum Gasteiger partial charge on any atom is 0.194 e. The number of carbonyl (C=O) groups excluding carboxylic acids is 2. The van der Waals surface area contributed by atoms with E-state index in [4.69, 9.17) is 9.47 Å². The van der Waals surface area contributed by atoms with Crippen LogP contribution in [0.4, 0.5) is 0 Å². The molecule has 1 saturated heterocycles. The van der Waals surface area contributed by atoms with E-state index in [9.17, 15) is 9.59 Å². The summed E-state index contributed by atoms with van der Waals surface area (Å²) in [5, 5.41) is 0. The molecule has 0 aromatic heterocycles. The Bertz CT molecular complexity index is 645. The summed E-state index contributed by atoms with van der Waals surface area (Å²) < 4.78 is 11.5. The van der Waals surface area contributed by atoms with Crippen molar-refractivity contribution >= 4 is 11.6 Å². The summed E-state index contributed by atoms with van der Waals surface area (Å²) in [5.74, 6) is -1.47. The number of hydrogen-bond acceptors (Lipinski definition) is 4. The van der Waals surface area contributed by atoms with Crippen molar-refractivity contribution in [1.29, 1.82) is 0 Å². The van der Waals surface area contributed by atoms with Crippen molar-refractivity contribution in [2.45, 2.75) is 31.8 Å². The van der Waals surface area contributed by atoms with Gasteiger partial charge in [-0.3, -0.25) is 9.59 Å². The van der Waals surface area contributed by atoms with Crippen LogP contribution in [-0.4, -0.2) is 29.6 Å². The second-order valence-corrected chi connectivity index (χ2v) is 5.94. The van der Waals surface area contributed by atoms with Gasteiger partial charge in [-0.2, -0.15) is 0 Å². The summed E-state index contributed by atoms with van der Waals surface area (Å²) in [7, 11) is 0. The van der Waals surface area contributed by atoms with Gasteiger partial charge < -0.3 is 9.47 Å². The number of benzene rings is 2. The molecule has 0 radical (unpaired) electrons. The molecule has 1 aliphatic heterocycles. The lowest BCUT2D eigenvalue weighted by molar-refractivity contribution is -0.139. The highest BCUT2D eigenvalue weighted by molar-refractivity contribution is 6.07. The van der Waals surface area contributed by atoms with Gasteiger partial charge in [0.25, 0.3) is 0 Å². The zero-order chi connectivity index (χ0) is 16.4. The zero-order valence-electron chi connectivity index (χ0n) is 13.1. The van der Waals surface area contributed by atoms with Crippen molar-refractivity contribution in [3.63, 3.8) is 0 Å². The third-order valence-electron chi connectivity index (χ3n) is 3.73. The van der Waals surface area contributed by atoms with Crippen LogP contribution in [-0.2, 0) is 9.47 Å². The molecule has 2 atom stereocenters. The van der Waals surface area contributed by atoms with Gasteiger partial charge in [-0.25, -0.2) is 0 Å². The normalized spacial score (nSPS) is 22.7. The molecule has 1 fully saturated rings. The number of carbonyl (C=O) groups is 2. The Balaban J connectivity index is 1.91. The molecular weight excluding hydrogens is 292 g/mol. The van der Waals surface area contributed by atoms with E-state index >= 15 is 0 Å². The van der Waals surface area contributed by atoms with Gasteiger partial charge in [0.05, 0.1) is 0 Å². The van der Waals surface area contributed by atoms with Crippen LogP contribution in [0.5, 0.6) is 0 Å². The molecule has 23 heavy (non-hydrogen) atoms. The number of rotatable bonds is 4. The van der Waals surface area contributed by atoms with E-state index in [0.717, 1.165) is 0 Å². The average molecular weight is 310 g/mol. The SMILES string of the molecule is CC1(C)O[C@@H](C(=O)c2ccccc2)[C@H](C(=O)c2ccccc2)O1. The molecule has 1 heterocycles. The third-order valence-corrected chi connectivity index (χ3v) is 3.73. The minimum absolute atomic E-state index is 0.245. The van der Waals surface area contributed by atoms with Gasteiger partial charge in [0, 0.05) is 11.1 Å². The van der Waals surface area contributed by atoms with Crippen LogP contribution < -0.4 is 0 Å². The van der Waals surface area contributed by atoms with E-state index in [0.29, 0.717) is 11.1 Å². The Morgan fingerprint density at radius 2 is 1.09 bits per heavy atom. The second-order valence-electron chi connectivity index (χ2n) is 5.94. The fourth-order valence-electron chi connectivity index (χ4n) is 2.68. The molecule has 4 heteroatoms. The highest BCUT2D eigenvalue weighted by atomic mass is 16.8. The molecule has 2 aromatic rings. The Morgan fingerprint density at radius 3 is 1.43 bits per heavy atom. The van der Waals surface area contributed by atoms with E-state index < -0.39 is 18.0 Å². The van der Waals surface area contributed by atoms with Crippen molar-refractivity contribution in [2.24, 2.45) is 0 Å². The number of Topliss-reactive ketones (excluding diaryl/α,β-unsaturated/α-hetero) is 2. The first-order chi connectivity index (χ1) is 11.0. The van der Waals surface area contributed by atoms with Crippen LogP contribution >= 0.6 is 0 Å². The van der Waals surface area contributed by atoms with Crippen molar-refractivity contribution in [3.05, 3.63) is 71.8 Å². The van der Waals surface area contributed by atoms with Crippen LogP contribution in [0.15, 0.2) is 60.7 Å². The van der Waals surface area contributed by atoms with Crippen molar-refractivity contribution in [1.82, 2.24) is 0 Å². The monoisotopic (exact) mass is 310 g/mol. The lowest BCUT2D eigenvalue weighted by Gasteiger charge is -2.16. The predicted octanol–water partition coefficient (Wildman–Crippen LogP) is 3.27. The summed E-state index contributed by atoms with van der Waals surface area (Å²) in [6, 6.07) is 17.6. The van der Waals surface area contributed by atoms with Crippen LogP contribution in [0, 0.1) is 0 Å². The first-order valence-electron chi connectivity index (χ1n) is 7.52. The fourth-order valence-corrected chi connectivity index (χ4v) is 2.68. The topological polar surface area (TPSA) is 52.6 Å². The first-order valence-corrected chi connectivity index (χ1v) is 7.52. The lowest BCUT2D eigenvalue weighted by atomic mass is 9.96. The molecule has 0 aliphatic carbocycles. The fraction of sp³-hybridized carbons (Fsp3) is 0.263. The minimum Gasteiger partial charge on any atom is -0.336 e. The molecule has 0 bridgehead atoms. The molecule has 3 rings (SSSR count). The summed E-state index contributed by atoms with van der Waals surface area (Å²) in [6.07, 6.45) is -1.89. The molecule has 0 unspecified atom stereocenters. The highest BCUT2D eigenvalue weighted by Crippen LogP contribution is 2.32. The molecule has 0 spiro atoms. The van der Waals surface area contributed by atoms with Crippen LogP contribution in [0.3, 0.4) is 0 Å². The van der Waals surface area contributed by atoms with Gasteiger partial charge in [-0.15, -0.1) is 0 Å². The Kier molecular flexibility index (Phi) is 4.11. The summed E-state index contributed by atoms with van der Waals surface area (Å²) >= 11 is 0. The van der Waals surface area contributed by atoms with Crippen LogP contribution in [0.25, 0.3) is 0 Å². The maximum absolute atomic E-state index is 12.7. The maximum atomic E-state index is 12.7. The van der Waals surface area contributed by atoms with E-state index in [1.165, 1.54) is 0 Å². The van der Waals surface area contributed by atoms with E-state index in [1.807, 2.05) is 12.1 Å². The van der Waals surface area contributed by atoms with Gasteiger partial charge in [0.2, 0.25) is 0 Å². The van der Waals surface area contributed by atoms with Crippen molar-refractivity contribution in [3.8, 4) is 0 Å². The van der Waals surface area contributed by atoms with Crippen LogP contribution in [0.2, 0.25) is 0 Å². The molecule has 4 nitrogen and oxygen atoms in total. The van der Waals surface area contributed by atoms with E-state index in [-0.39, 0.29) is 11.6 Å². The number of ether oxygens (including phenoxy) is 2. The van der Waals surface area contributed by atoms with Gasteiger partial charge in [0.1, 0.15) is 0 Å². The largest absolute Gasteiger partial charge is 0.336 e.